The van der Waals surface area contributed by atoms with E-state index in [0.29, 0.717) is 0 Å². The first-order chi connectivity index (χ1) is 5.97. The van der Waals surface area contributed by atoms with Crippen LogP contribution in [0.3, 0.4) is 0 Å². The van der Waals surface area contributed by atoms with E-state index in [1.807, 2.05) is 30.6 Å². The molecule has 0 radical (unpaired) electrons. The van der Waals surface area contributed by atoms with Gasteiger partial charge in [-0.15, -0.1) is 0 Å². The molecule has 2 nitrogen and oxygen atoms in total. The third kappa shape index (κ3) is 1.80. The summed E-state index contributed by atoms with van der Waals surface area (Å²) in [6.45, 7) is 0. The van der Waals surface area contributed by atoms with E-state index >= 15 is 0 Å². The molecule has 0 aliphatic rings. The minimum absolute atomic E-state index is 1.20. The normalized spacial score (nSPS) is 8.83. The van der Waals surface area contributed by atoms with Crippen LogP contribution in [0.25, 0.3) is 10.8 Å². The Morgan fingerprint density at radius 3 is 2.33 bits per heavy atom. The molecule has 2 rings (SSSR count). The highest BCUT2D eigenvalue weighted by molar-refractivity contribution is 5.80. The maximum atomic E-state index is 4.01. The second-order valence-corrected chi connectivity index (χ2v) is 2.22. The molecule has 2 heteroatoms. The lowest BCUT2D eigenvalue weighted by molar-refractivity contribution is -0.325. The van der Waals surface area contributed by atoms with E-state index in [0.717, 1.165) is 0 Å². The fourth-order valence-corrected chi connectivity index (χ4v) is 1.03. The van der Waals surface area contributed by atoms with E-state index in [-0.39, 0.29) is 0 Å². The summed E-state index contributed by atoms with van der Waals surface area (Å²) in [5, 5.41) is 2.45. The predicted octanol–water partition coefficient (Wildman–Crippen LogP) is 1.09. The van der Waals surface area contributed by atoms with Crippen LogP contribution in [0, 0.1) is 0 Å². The summed E-state index contributed by atoms with van der Waals surface area (Å²) in [5.41, 5.74) is 3.25. The van der Waals surface area contributed by atoms with Gasteiger partial charge in [-0.2, -0.15) is 0 Å². The number of pyridine rings is 1. The van der Waals surface area contributed by atoms with Gasteiger partial charge in [0.1, 0.15) is 0 Å². The van der Waals surface area contributed by atoms with Crippen molar-refractivity contribution in [2.75, 3.05) is 7.05 Å². The number of benzene rings is 1. The molecule has 0 bridgehead atoms. The summed E-state index contributed by atoms with van der Waals surface area (Å²) in [4.78, 5) is 4.01. The number of rotatable bonds is 0. The highest BCUT2D eigenvalue weighted by Crippen LogP contribution is 2.09. The zero-order valence-corrected chi connectivity index (χ0v) is 7.20. The summed E-state index contributed by atoms with van der Waals surface area (Å²) in [5.74, 6) is 0. The quantitative estimate of drug-likeness (QED) is 0.617. The standard InChI is InChI=1S/C9H7N.CH5N/c1-2-4-9-7-10-6-5-8(9)3-1;1-2/h1-7H;2H2,1H3/p+1. The summed E-state index contributed by atoms with van der Waals surface area (Å²) in [6.07, 6.45) is 3.68. The maximum Gasteiger partial charge on any atom is 0.0634 e. The molecule has 12 heavy (non-hydrogen) atoms. The van der Waals surface area contributed by atoms with E-state index < -0.39 is 0 Å². The van der Waals surface area contributed by atoms with Crippen molar-refractivity contribution in [1.29, 1.82) is 0 Å². The smallest absolute Gasteiger partial charge is 0.0634 e. The molecule has 1 heterocycles. The Morgan fingerprint density at radius 1 is 1.00 bits per heavy atom. The van der Waals surface area contributed by atoms with Gasteiger partial charge >= 0.3 is 0 Å². The lowest BCUT2D eigenvalue weighted by Crippen LogP contribution is -2.40. The average molecular weight is 161 g/mol. The predicted molar refractivity (Wildman–Crippen MR) is 50.6 cm³/mol. The molecule has 0 fully saturated rings. The van der Waals surface area contributed by atoms with Crippen LogP contribution in [0.5, 0.6) is 0 Å². The number of fused-ring (bicyclic) bond motifs is 1. The Balaban J connectivity index is 0.000000336. The number of hydrogen-bond donors (Lipinski definition) is 1. The van der Waals surface area contributed by atoms with Gasteiger partial charge in [-0.3, -0.25) is 4.98 Å². The first-order valence-corrected chi connectivity index (χ1v) is 3.96. The first-order valence-electron chi connectivity index (χ1n) is 3.96. The highest BCUT2D eigenvalue weighted by Gasteiger charge is 1.86. The van der Waals surface area contributed by atoms with Crippen LogP contribution < -0.4 is 5.73 Å². The molecular weight excluding hydrogens is 148 g/mol. The van der Waals surface area contributed by atoms with E-state index in [4.69, 9.17) is 0 Å². The van der Waals surface area contributed by atoms with Crippen molar-refractivity contribution in [3.8, 4) is 0 Å². The molecule has 0 saturated heterocycles. The molecule has 1 aromatic heterocycles. The maximum absolute atomic E-state index is 4.01. The van der Waals surface area contributed by atoms with Crippen LogP contribution in [0.4, 0.5) is 0 Å². The molecule has 62 valence electrons. The fraction of sp³-hybridized carbons (Fsp3) is 0.100. The van der Waals surface area contributed by atoms with Crippen LogP contribution in [-0.4, -0.2) is 12.0 Å². The van der Waals surface area contributed by atoms with Gasteiger partial charge in [0.15, 0.2) is 0 Å². The van der Waals surface area contributed by atoms with Crippen molar-refractivity contribution >= 4 is 10.8 Å². The fourth-order valence-electron chi connectivity index (χ4n) is 1.03. The molecular formula is C10H13N2+. The molecule has 0 amide bonds. The Morgan fingerprint density at radius 2 is 1.67 bits per heavy atom. The van der Waals surface area contributed by atoms with Crippen LogP contribution in [0.15, 0.2) is 42.7 Å². The minimum atomic E-state index is 1.20. The molecule has 1 aromatic carbocycles. The van der Waals surface area contributed by atoms with Gasteiger partial charge in [-0.1, -0.05) is 24.3 Å². The van der Waals surface area contributed by atoms with Crippen molar-refractivity contribution in [1.82, 2.24) is 4.98 Å². The lowest BCUT2D eigenvalue weighted by atomic mass is 10.2. The number of nitrogens with zero attached hydrogens (tertiary/aromatic N) is 1. The minimum Gasteiger partial charge on any atom is -0.360 e. The average Bonchev–Trinajstić information content (AvgIpc) is 2.21. The Hall–Kier alpha value is -1.41. The molecule has 3 N–H and O–H groups in total. The zero-order valence-electron chi connectivity index (χ0n) is 7.20. The van der Waals surface area contributed by atoms with Gasteiger partial charge in [0.25, 0.3) is 0 Å². The van der Waals surface area contributed by atoms with Crippen LogP contribution in [0.1, 0.15) is 0 Å². The number of aromatic nitrogens is 1. The largest absolute Gasteiger partial charge is 0.360 e. The van der Waals surface area contributed by atoms with Crippen molar-refractivity contribution in [3.05, 3.63) is 42.7 Å². The van der Waals surface area contributed by atoms with Crippen LogP contribution in [0.2, 0.25) is 0 Å². The molecule has 0 atom stereocenters. The van der Waals surface area contributed by atoms with Gasteiger partial charge in [0.2, 0.25) is 0 Å². The summed E-state index contributed by atoms with van der Waals surface area (Å²) < 4.78 is 0. The third-order valence-electron chi connectivity index (χ3n) is 1.55. The lowest BCUT2D eigenvalue weighted by Gasteiger charge is -1.91. The van der Waals surface area contributed by atoms with Crippen molar-refractivity contribution in [2.24, 2.45) is 0 Å². The van der Waals surface area contributed by atoms with E-state index in [2.05, 4.69) is 22.9 Å². The number of hydrogen-bond acceptors (Lipinski definition) is 1. The zero-order chi connectivity index (χ0) is 8.81. The molecule has 0 spiro atoms. The van der Waals surface area contributed by atoms with Gasteiger partial charge in [-0.05, 0) is 16.8 Å². The van der Waals surface area contributed by atoms with Gasteiger partial charge in [0, 0.05) is 12.4 Å². The van der Waals surface area contributed by atoms with Crippen molar-refractivity contribution < 1.29 is 5.73 Å². The molecule has 0 aliphatic heterocycles. The van der Waals surface area contributed by atoms with Crippen LogP contribution in [-0.2, 0) is 0 Å². The topological polar surface area (TPSA) is 40.5 Å². The molecule has 0 aliphatic carbocycles. The van der Waals surface area contributed by atoms with E-state index in [9.17, 15) is 0 Å². The molecule has 0 unspecified atom stereocenters. The van der Waals surface area contributed by atoms with Gasteiger partial charge in [0.05, 0.1) is 7.05 Å². The Labute approximate surface area is 72.0 Å². The molecule has 0 saturated carbocycles. The van der Waals surface area contributed by atoms with E-state index in [1.54, 1.807) is 7.05 Å². The second-order valence-electron chi connectivity index (χ2n) is 2.22. The van der Waals surface area contributed by atoms with Crippen molar-refractivity contribution in [3.63, 3.8) is 0 Å². The monoisotopic (exact) mass is 161 g/mol. The second kappa shape index (κ2) is 4.46. The third-order valence-corrected chi connectivity index (χ3v) is 1.55. The summed E-state index contributed by atoms with van der Waals surface area (Å²) in [7, 11) is 1.75. The summed E-state index contributed by atoms with van der Waals surface area (Å²) >= 11 is 0. The van der Waals surface area contributed by atoms with Gasteiger partial charge < -0.3 is 5.73 Å². The Bertz CT molecular complexity index is 279. The van der Waals surface area contributed by atoms with Crippen molar-refractivity contribution in [2.45, 2.75) is 0 Å². The molecule has 2 aromatic rings. The Kier molecular flexibility index (Phi) is 3.23. The SMILES string of the molecule is C[NH3+].c1ccc2cnccc2c1. The van der Waals surface area contributed by atoms with Gasteiger partial charge in [-0.25, -0.2) is 0 Å². The number of quaternary nitrogens is 1. The van der Waals surface area contributed by atoms with E-state index in [1.165, 1.54) is 10.8 Å². The van der Waals surface area contributed by atoms with Crippen LogP contribution >= 0.6 is 0 Å². The first kappa shape index (κ1) is 8.68. The summed E-state index contributed by atoms with van der Waals surface area (Å²) in [6, 6.07) is 10.2. The highest BCUT2D eigenvalue weighted by atomic mass is 14.6.